The highest BCUT2D eigenvalue weighted by atomic mass is 32.2. The highest BCUT2D eigenvalue weighted by Crippen LogP contribution is 2.20. The van der Waals surface area contributed by atoms with Crippen molar-refractivity contribution in [2.45, 2.75) is 45.1 Å². The SMILES string of the molecule is CCCNC(C)c1cccc(S(=O)(=O)N(CC)CC)c1. The van der Waals surface area contributed by atoms with Gasteiger partial charge in [-0.05, 0) is 37.6 Å². The van der Waals surface area contributed by atoms with E-state index in [1.54, 1.807) is 12.1 Å². The number of hydrogen-bond acceptors (Lipinski definition) is 3. The molecule has 1 aromatic rings. The fourth-order valence-electron chi connectivity index (χ4n) is 2.14. The van der Waals surface area contributed by atoms with Crippen LogP contribution in [0.5, 0.6) is 0 Å². The van der Waals surface area contributed by atoms with E-state index in [0.29, 0.717) is 18.0 Å². The molecule has 1 unspecified atom stereocenters. The fraction of sp³-hybridized carbons (Fsp3) is 0.600. The van der Waals surface area contributed by atoms with Gasteiger partial charge in [0.05, 0.1) is 4.90 Å². The summed E-state index contributed by atoms with van der Waals surface area (Å²) >= 11 is 0. The van der Waals surface area contributed by atoms with Gasteiger partial charge in [0, 0.05) is 19.1 Å². The van der Waals surface area contributed by atoms with Crippen molar-refractivity contribution in [1.29, 1.82) is 0 Å². The molecule has 0 saturated heterocycles. The zero-order valence-corrected chi connectivity index (χ0v) is 13.7. The third-order valence-electron chi connectivity index (χ3n) is 3.40. The van der Waals surface area contributed by atoms with Gasteiger partial charge in [-0.25, -0.2) is 8.42 Å². The molecule has 1 aromatic carbocycles. The first-order valence-corrected chi connectivity index (χ1v) is 8.74. The Morgan fingerprint density at radius 3 is 2.40 bits per heavy atom. The van der Waals surface area contributed by atoms with E-state index in [2.05, 4.69) is 19.2 Å². The minimum Gasteiger partial charge on any atom is -0.310 e. The number of nitrogens with zero attached hydrogens (tertiary/aromatic N) is 1. The Balaban J connectivity index is 3.03. The quantitative estimate of drug-likeness (QED) is 0.803. The summed E-state index contributed by atoms with van der Waals surface area (Å²) in [6, 6.07) is 7.39. The Morgan fingerprint density at radius 2 is 1.85 bits per heavy atom. The van der Waals surface area contributed by atoms with E-state index in [0.717, 1.165) is 18.5 Å². The van der Waals surface area contributed by atoms with Crippen LogP contribution in [0.1, 0.15) is 45.7 Å². The summed E-state index contributed by atoms with van der Waals surface area (Å²) < 4.78 is 26.5. The van der Waals surface area contributed by atoms with E-state index in [-0.39, 0.29) is 6.04 Å². The summed E-state index contributed by atoms with van der Waals surface area (Å²) in [7, 11) is -3.37. The first-order chi connectivity index (χ1) is 9.47. The molecule has 0 fully saturated rings. The van der Waals surface area contributed by atoms with Crippen LogP contribution < -0.4 is 5.32 Å². The fourth-order valence-corrected chi connectivity index (χ4v) is 3.65. The van der Waals surface area contributed by atoms with Crippen molar-refractivity contribution in [3.05, 3.63) is 29.8 Å². The summed E-state index contributed by atoms with van der Waals surface area (Å²) in [5, 5.41) is 3.38. The minimum absolute atomic E-state index is 0.154. The van der Waals surface area contributed by atoms with E-state index < -0.39 is 10.0 Å². The normalized spacial score (nSPS) is 13.7. The zero-order chi connectivity index (χ0) is 15.2. The molecule has 0 amide bonds. The molecule has 114 valence electrons. The average molecular weight is 298 g/mol. The lowest BCUT2D eigenvalue weighted by Crippen LogP contribution is -2.30. The second-order valence-corrected chi connectivity index (χ2v) is 6.78. The molecule has 5 heteroatoms. The molecule has 0 aromatic heterocycles. The van der Waals surface area contributed by atoms with Gasteiger partial charge in [0.15, 0.2) is 0 Å². The van der Waals surface area contributed by atoms with Gasteiger partial charge in [0.1, 0.15) is 0 Å². The highest BCUT2D eigenvalue weighted by Gasteiger charge is 2.22. The molecule has 0 heterocycles. The lowest BCUT2D eigenvalue weighted by molar-refractivity contribution is 0.445. The van der Waals surface area contributed by atoms with Crippen molar-refractivity contribution in [2.75, 3.05) is 19.6 Å². The number of nitrogens with one attached hydrogen (secondary N) is 1. The third kappa shape index (κ3) is 4.04. The molecule has 1 rings (SSSR count). The Labute approximate surface area is 123 Å². The van der Waals surface area contributed by atoms with Crippen LogP contribution in [0.15, 0.2) is 29.2 Å². The van der Waals surface area contributed by atoms with Crippen LogP contribution in [-0.2, 0) is 10.0 Å². The van der Waals surface area contributed by atoms with Crippen molar-refractivity contribution < 1.29 is 8.42 Å². The Morgan fingerprint density at radius 1 is 1.20 bits per heavy atom. The second-order valence-electron chi connectivity index (χ2n) is 4.84. The maximum absolute atomic E-state index is 12.5. The lowest BCUT2D eigenvalue weighted by Gasteiger charge is -2.20. The van der Waals surface area contributed by atoms with Crippen molar-refractivity contribution in [3.8, 4) is 0 Å². The number of sulfonamides is 1. The average Bonchev–Trinajstić information content (AvgIpc) is 2.46. The van der Waals surface area contributed by atoms with Crippen molar-refractivity contribution >= 4 is 10.0 Å². The molecular formula is C15H26N2O2S. The molecule has 0 saturated carbocycles. The largest absolute Gasteiger partial charge is 0.310 e. The Bertz CT molecular complexity index is 510. The maximum Gasteiger partial charge on any atom is 0.243 e. The summed E-state index contributed by atoms with van der Waals surface area (Å²) in [6.45, 7) is 9.79. The van der Waals surface area contributed by atoms with Crippen LogP contribution in [0, 0.1) is 0 Å². The number of benzene rings is 1. The van der Waals surface area contributed by atoms with Crippen LogP contribution >= 0.6 is 0 Å². The van der Waals surface area contributed by atoms with Crippen molar-refractivity contribution in [2.24, 2.45) is 0 Å². The molecule has 0 bridgehead atoms. The van der Waals surface area contributed by atoms with E-state index in [1.807, 2.05) is 26.0 Å². The topological polar surface area (TPSA) is 49.4 Å². The predicted octanol–water partition coefficient (Wildman–Crippen LogP) is 2.78. The summed E-state index contributed by atoms with van der Waals surface area (Å²) in [5.41, 5.74) is 1.01. The minimum atomic E-state index is -3.37. The smallest absolute Gasteiger partial charge is 0.243 e. The molecule has 1 atom stereocenters. The van der Waals surface area contributed by atoms with E-state index in [9.17, 15) is 8.42 Å². The van der Waals surface area contributed by atoms with Crippen LogP contribution in [0.4, 0.5) is 0 Å². The molecule has 0 aliphatic heterocycles. The summed E-state index contributed by atoms with van der Waals surface area (Å²) in [5.74, 6) is 0. The van der Waals surface area contributed by atoms with Gasteiger partial charge in [-0.1, -0.05) is 32.9 Å². The van der Waals surface area contributed by atoms with Gasteiger partial charge >= 0.3 is 0 Å². The van der Waals surface area contributed by atoms with Gasteiger partial charge in [-0.15, -0.1) is 0 Å². The van der Waals surface area contributed by atoms with Crippen molar-refractivity contribution in [1.82, 2.24) is 9.62 Å². The van der Waals surface area contributed by atoms with Gasteiger partial charge in [-0.3, -0.25) is 0 Å². The van der Waals surface area contributed by atoms with Crippen LogP contribution in [0.3, 0.4) is 0 Å². The lowest BCUT2D eigenvalue weighted by atomic mass is 10.1. The van der Waals surface area contributed by atoms with Gasteiger partial charge in [0.2, 0.25) is 10.0 Å². The molecule has 4 nitrogen and oxygen atoms in total. The maximum atomic E-state index is 12.5. The van der Waals surface area contributed by atoms with Crippen LogP contribution in [0.2, 0.25) is 0 Å². The monoisotopic (exact) mass is 298 g/mol. The molecule has 0 aliphatic rings. The number of hydrogen-bond donors (Lipinski definition) is 1. The Kier molecular flexibility index (Phi) is 6.65. The molecule has 1 N–H and O–H groups in total. The van der Waals surface area contributed by atoms with Gasteiger partial charge < -0.3 is 5.32 Å². The van der Waals surface area contributed by atoms with E-state index in [4.69, 9.17) is 0 Å². The molecule has 0 radical (unpaired) electrons. The molecule has 20 heavy (non-hydrogen) atoms. The van der Waals surface area contributed by atoms with Crippen LogP contribution in [-0.4, -0.2) is 32.4 Å². The summed E-state index contributed by atoms with van der Waals surface area (Å²) in [4.78, 5) is 0.379. The zero-order valence-electron chi connectivity index (χ0n) is 12.9. The van der Waals surface area contributed by atoms with Gasteiger partial charge in [-0.2, -0.15) is 4.31 Å². The first-order valence-electron chi connectivity index (χ1n) is 7.30. The van der Waals surface area contributed by atoms with E-state index >= 15 is 0 Å². The van der Waals surface area contributed by atoms with Crippen molar-refractivity contribution in [3.63, 3.8) is 0 Å². The van der Waals surface area contributed by atoms with Gasteiger partial charge in [0.25, 0.3) is 0 Å². The predicted molar refractivity (Wildman–Crippen MR) is 83.3 cm³/mol. The van der Waals surface area contributed by atoms with E-state index in [1.165, 1.54) is 4.31 Å². The summed E-state index contributed by atoms with van der Waals surface area (Å²) in [6.07, 6.45) is 1.06. The number of rotatable bonds is 8. The highest BCUT2D eigenvalue weighted by molar-refractivity contribution is 7.89. The third-order valence-corrected chi connectivity index (χ3v) is 5.45. The Hall–Kier alpha value is -0.910. The molecular weight excluding hydrogens is 272 g/mol. The molecule has 0 aliphatic carbocycles. The second kappa shape index (κ2) is 7.76. The van der Waals surface area contributed by atoms with Crippen LogP contribution in [0.25, 0.3) is 0 Å². The standard InChI is InChI=1S/C15H26N2O2S/c1-5-11-16-13(4)14-9-8-10-15(12-14)20(18,19)17(6-2)7-3/h8-10,12-13,16H,5-7,11H2,1-4H3. The first kappa shape index (κ1) is 17.1. The molecule has 0 spiro atoms.